The van der Waals surface area contributed by atoms with Crippen molar-refractivity contribution in [2.24, 2.45) is 0 Å². The number of fused-ring (bicyclic) bond motifs is 2. The van der Waals surface area contributed by atoms with Crippen molar-refractivity contribution in [1.82, 2.24) is 0 Å². The molecule has 0 N–H and O–H groups in total. The summed E-state index contributed by atoms with van der Waals surface area (Å²) in [4.78, 5) is 0. The van der Waals surface area contributed by atoms with E-state index in [9.17, 15) is 0 Å². The van der Waals surface area contributed by atoms with Crippen LogP contribution in [0.1, 0.15) is 0 Å². The van der Waals surface area contributed by atoms with Gasteiger partial charge in [0.2, 0.25) is 0 Å². The molecule has 0 radical (unpaired) electrons. The molecular formula is C96H84O12. The Bertz CT molecular complexity index is 5220. The Hall–Kier alpha value is -11.6. The average molecular weight is 1430 g/mol. The zero-order chi connectivity index (χ0) is 73.5. The molecule has 0 unspecified atom stereocenters. The van der Waals surface area contributed by atoms with Crippen molar-refractivity contribution in [3.05, 3.63) is 255 Å². The van der Waals surface area contributed by atoms with Gasteiger partial charge in [-0.1, -0.05) is 182 Å². The van der Waals surface area contributed by atoms with Crippen molar-refractivity contribution in [2.45, 2.75) is 0 Å². The maximum atomic E-state index is 6.87. The lowest BCUT2D eigenvalue weighted by atomic mass is 9.90. The van der Waals surface area contributed by atoms with Crippen LogP contribution in [0.25, 0.3) is 162 Å². The zero-order valence-electron chi connectivity index (χ0n) is 61.6. The molecule has 108 heavy (non-hydrogen) atoms. The standard InChI is InChI=1S/C96H84O12/c1-97-43-49-103-85-37-31-61-55-79(85)91-67-19-7-9-21-69(67)92(70-22-10-8-20-68(70)91)81-57-63(33-39-87(81)105-51-45-99-3)64-34-40-88(106-52-46-100-4)82(58-64)95-75-27-15-17-29-77(75)96(78-30-18-16-28-76(78)95)84-60-66(36-42-90(84)108-54-48-102-6)65-35-41-89(107-53-47-101-5)83(59-65)94-73-25-13-11-23-71(73)93(72-24-12-14-26-74(72)94)80-56-62(61)32-38-86(80)104-50-44-98-2/h7-42,55-60H,43-54H2,1-6H3. The summed E-state index contributed by atoms with van der Waals surface area (Å²) >= 11 is 0. The van der Waals surface area contributed by atoms with E-state index in [4.69, 9.17) is 56.8 Å². The summed E-state index contributed by atoms with van der Waals surface area (Å²) in [6.07, 6.45) is 0. The van der Waals surface area contributed by atoms with Gasteiger partial charge in [0.25, 0.3) is 0 Å². The third-order valence-corrected chi connectivity index (χ3v) is 20.6. The molecule has 17 aromatic carbocycles. The molecule has 0 atom stereocenters. The molecule has 0 aliphatic carbocycles. The predicted molar refractivity (Wildman–Crippen MR) is 446 cm³/mol. The molecule has 0 heterocycles. The van der Waals surface area contributed by atoms with Crippen molar-refractivity contribution in [3.8, 4) is 34.5 Å². The lowest BCUT2D eigenvalue weighted by Crippen LogP contribution is -2.05. The Morgan fingerprint density at radius 2 is 0.278 bits per heavy atom. The summed E-state index contributed by atoms with van der Waals surface area (Å²) < 4.78 is 75.2. The number of ether oxygens (including phenoxy) is 12. The average Bonchev–Trinajstić information content (AvgIpc) is 0.735. The maximum Gasteiger partial charge on any atom is 0.127 e. The van der Waals surface area contributed by atoms with Crippen LogP contribution in [-0.4, -0.2) is 122 Å². The number of hydrogen-bond acceptors (Lipinski definition) is 12. The van der Waals surface area contributed by atoms with Crippen molar-refractivity contribution >= 4 is 162 Å². The third-order valence-electron chi connectivity index (χ3n) is 20.6. The Balaban J connectivity index is 1.15. The lowest BCUT2D eigenvalue weighted by Gasteiger charge is -2.17. The zero-order valence-corrected chi connectivity index (χ0v) is 61.6. The highest BCUT2D eigenvalue weighted by atomic mass is 16.5. The van der Waals surface area contributed by atoms with Crippen LogP contribution in [0, 0.1) is 0 Å². The van der Waals surface area contributed by atoms with Crippen molar-refractivity contribution in [2.75, 3.05) is 122 Å². The van der Waals surface area contributed by atoms with Gasteiger partial charge in [-0.2, -0.15) is 0 Å². The molecule has 0 saturated heterocycles. The van der Waals surface area contributed by atoms with E-state index in [1.807, 2.05) is 0 Å². The summed E-state index contributed by atoms with van der Waals surface area (Å²) in [5, 5.41) is 30.1. The molecule has 540 valence electrons. The fourth-order valence-electron chi connectivity index (χ4n) is 15.7. The Morgan fingerprint density at radius 3 is 0.398 bits per heavy atom. The molecule has 0 spiro atoms. The van der Waals surface area contributed by atoms with Crippen molar-refractivity contribution in [1.29, 1.82) is 0 Å². The second kappa shape index (κ2) is 32.2. The van der Waals surface area contributed by atoms with Crippen LogP contribution < -0.4 is 28.4 Å². The van der Waals surface area contributed by atoms with Crippen molar-refractivity contribution in [3.63, 3.8) is 0 Å². The number of benzene rings is 15. The van der Waals surface area contributed by atoms with Gasteiger partial charge in [0.15, 0.2) is 0 Å². The molecule has 0 saturated carbocycles. The van der Waals surface area contributed by atoms with Crippen LogP contribution in [0.5, 0.6) is 34.5 Å². The SMILES string of the molecule is COCCOc1ccc2cc1c1c3ccccc3c(c3cc(ccc3OCCOC)c3ccc(OCCOC)c(c3)c3c4ccccc4c(c4cc(ccc4OCCOC)c4ccc(OCCOC)c(c4)c4c5ccccc5c(c5cc2ccc5OCCOC)c2ccccc24)c2ccccc23)c2ccccc21. The molecule has 12 heteroatoms. The smallest absolute Gasteiger partial charge is 0.127 e. The van der Waals surface area contributed by atoms with Gasteiger partial charge in [0.1, 0.15) is 74.1 Å². The fourth-order valence-corrected chi connectivity index (χ4v) is 15.7. The minimum atomic E-state index is 0.337. The van der Waals surface area contributed by atoms with Gasteiger partial charge in [-0.15, -0.1) is 0 Å². The first-order valence-electron chi connectivity index (χ1n) is 36.8. The van der Waals surface area contributed by atoms with Crippen LogP contribution in [-0.2, 0) is 28.4 Å². The predicted octanol–water partition coefficient (Wildman–Crippen LogP) is 22.5. The minimum absolute atomic E-state index is 0.337. The highest BCUT2D eigenvalue weighted by molar-refractivity contribution is 6.37. The van der Waals surface area contributed by atoms with Gasteiger partial charge in [-0.3, -0.25) is 0 Å². The summed E-state index contributed by atoms with van der Waals surface area (Å²) in [6, 6.07) is 91.8. The third kappa shape index (κ3) is 13.6. The molecule has 17 aromatic rings. The lowest BCUT2D eigenvalue weighted by molar-refractivity contribution is 0.147. The first-order valence-corrected chi connectivity index (χ1v) is 36.8. The molecule has 0 amide bonds. The molecule has 0 aliphatic rings. The van der Waals surface area contributed by atoms with Gasteiger partial charge in [-0.25, -0.2) is 0 Å². The number of hydrogen-bond donors (Lipinski definition) is 0. The summed E-state index contributed by atoms with van der Waals surface area (Å²) in [5.74, 6) is 4.35. The molecular weight excluding hydrogens is 1350 g/mol. The number of methoxy groups -OCH3 is 6. The highest BCUT2D eigenvalue weighted by Crippen LogP contribution is 2.48. The van der Waals surface area contributed by atoms with E-state index < -0.39 is 0 Å². The van der Waals surface area contributed by atoms with Gasteiger partial charge >= 0.3 is 0 Å². The van der Waals surface area contributed by atoms with E-state index in [2.05, 4.69) is 255 Å². The number of rotatable bonds is 24. The van der Waals surface area contributed by atoms with E-state index in [1.165, 1.54) is 0 Å². The topological polar surface area (TPSA) is 111 Å². The summed E-state index contributed by atoms with van der Waals surface area (Å²) in [7, 11) is 10.2. The quantitative estimate of drug-likeness (QED) is 0.0424. The Kier molecular flexibility index (Phi) is 21.1. The van der Waals surface area contributed by atoms with Gasteiger partial charge < -0.3 is 56.8 Å². The fraction of sp³-hybridized carbons (Fsp3) is 0.188. The van der Waals surface area contributed by atoms with Crippen LogP contribution in [0.15, 0.2) is 255 Å². The van der Waals surface area contributed by atoms with Crippen LogP contribution in [0.2, 0.25) is 0 Å². The largest absolute Gasteiger partial charge is 0.491 e. The molecule has 18 bridgehead atoms. The van der Waals surface area contributed by atoms with Gasteiger partial charge in [0.05, 0.1) is 39.6 Å². The van der Waals surface area contributed by atoms with E-state index in [0.717, 1.165) is 196 Å². The monoisotopic (exact) mass is 1430 g/mol. The summed E-state index contributed by atoms with van der Waals surface area (Å²) in [6.45, 7) is 4.42. The van der Waals surface area contributed by atoms with Gasteiger partial charge in [-0.05, 0) is 170 Å². The van der Waals surface area contributed by atoms with E-state index in [0.29, 0.717) is 79.3 Å². The first-order chi connectivity index (χ1) is 53.4. The van der Waals surface area contributed by atoms with Gasteiger partial charge in [0, 0.05) is 107 Å². The second-order valence-electron chi connectivity index (χ2n) is 26.8. The van der Waals surface area contributed by atoms with Crippen LogP contribution in [0.4, 0.5) is 0 Å². The van der Waals surface area contributed by atoms with Crippen LogP contribution in [0.3, 0.4) is 0 Å². The molecule has 12 nitrogen and oxygen atoms in total. The first kappa shape index (κ1) is 70.7. The second-order valence-corrected chi connectivity index (χ2v) is 26.8. The molecule has 0 fully saturated rings. The molecule has 17 rings (SSSR count). The normalized spacial score (nSPS) is 11.7. The molecule has 0 aliphatic heterocycles. The van der Waals surface area contributed by atoms with E-state index >= 15 is 0 Å². The van der Waals surface area contributed by atoms with Crippen LogP contribution >= 0.6 is 0 Å². The van der Waals surface area contributed by atoms with E-state index in [1.54, 1.807) is 42.7 Å². The highest BCUT2D eigenvalue weighted by Gasteiger charge is 2.21. The molecule has 0 aromatic heterocycles. The Morgan fingerprint density at radius 1 is 0.148 bits per heavy atom. The minimum Gasteiger partial charge on any atom is -0.491 e. The van der Waals surface area contributed by atoms with E-state index in [-0.39, 0.29) is 0 Å². The Labute approximate surface area is 626 Å². The summed E-state index contributed by atoms with van der Waals surface area (Å²) in [5.41, 5.74) is 0. The maximum absolute atomic E-state index is 6.87. The van der Waals surface area contributed by atoms with Crippen molar-refractivity contribution < 1.29 is 56.8 Å².